The molecule has 13 nitrogen and oxygen atoms in total. The van der Waals surface area contributed by atoms with E-state index in [-0.39, 0.29) is 12.8 Å². The van der Waals surface area contributed by atoms with Gasteiger partial charge in [0.15, 0.2) is 6.10 Å². The van der Waals surface area contributed by atoms with Gasteiger partial charge in [-0.25, -0.2) is 4.57 Å². The van der Waals surface area contributed by atoms with Gasteiger partial charge < -0.3 is 39.9 Å². The normalized spacial score (nSPS) is 21.8. The highest BCUT2D eigenvalue weighted by Crippen LogP contribution is 2.47. The van der Waals surface area contributed by atoms with E-state index in [1.807, 2.05) is 0 Å². The van der Waals surface area contributed by atoms with Crippen LogP contribution in [0.4, 0.5) is 0 Å². The maximum absolute atomic E-state index is 12.8. The fourth-order valence-electron chi connectivity index (χ4n) is 7.69. The maximum atomic E-state index is 12.8. The number of hydrogen-bond acceptors (Lipinski definition) is 12. The largest absolute Gasteiger partial charge is 0.472 e. The average molecular weight is 919 g/mol. The number of phosphoric ester groups is 1. The van der Waals surface area contributed by atoms with Crippen LogP contribution in [0.5, 0.6) is 0 Å². The van der Waals surface area contributed by atoms with E-state index in [2.05, 4.69) is 38.2 Å². The van der Waals surface area contributed by atoms with E-state index in [4.69, 9.17) is 18.5 Å². The molecular weight excluding hydrogens is 828 g/mol. The Balaban J connectivity index is 2.41. The number of allylic oxidation sites excluding steroid dienone is 4. The van der Waals surface area contributed by atoms with Crippen molar-refractivity contribution < 1.29 is 63.1 Å². The lowest BCUT2D eigenvalue weighted by molar-refractivity contribution is -0.220. The molecule has 6 unspecified atom stereocenters. The highest BCUT2D eigenvalue weighted by molar-refractivity contribution is 7.47. The van der Waals surface area contributed by atoms with Gasteiger partial charge >= 0.3 is 19.8 Å². The highest BCUT2D eigenvalue weighted by Gasteiger charge is 2.51. The Hall–Kier alpha value is -1.67. The number of rotatable bonds is 42. The number of carbonyl (C=O) groups is 2. The first-order valence-corrected chi connectivity index (χ1v) is 26.6. The molecule has 1 fully saturated rings. The Morgan fingerprint density at radius 2 is 0.810 bits per heavy atom. The third-order valence-corrected chi connectivity index (χ3v) is 12.8. The summed E-state index contributed by atoms with van der Waals surface area (Å²) in [5, 5.41) is 50.2. The number of esters is 2. The molecule has 1 rings (SSSR count). The second-order valence-electron chi connectivity index (χ2n) is 17.7. The lowest BCUT2D eigenvalue weighted by Crippen LogP contribution is -2.64. The summed E-state index contributed by atoms with van der Waals surface area (Å²) < 4.78 is 33.6. The van der Waals surface area contributed by atoms with Crippen LogP contribution < -0.4 is 0 Å². The van der Waals surface area contributed by atoms with Crippen LogP contribution in [0.2, 0.25) is 0 Å². The van der Waals surface area contributed by atoms with Gasteiger partial charge in [0.2, 0.25) is 0 Å². The van der Waals surface area contributed by atoms with Gasteiger partial charge in [0.25, 0.3) is 0 Å². The van der Waals surface area contributed by atoms with Crippen molar-refractivity contribution in [1.29, 1.82) is 0 Å². The van der Waals surface area contributed by atoms with Crippen molar-refractivity contribution in [2.24, 2.45) is 0 Å². The van der Waals surface area contributed by atoms with Gasteiger partial charge in [0.05, 0.1) is 6.61 Å². The fraction of sp³-hybridized carbons (Fsp3) is 0.878. The fourth-order valence-corrected chi connectivity index (χ4v) is 8.66. The van der Waals surface area contributed by atoms with E-state index >= 15 is 0 Å². The summed E-state index contributed by atoms with van der Waals surface area (Å²) in [6.07, 6.45) is 30.8. The van der Waals surface area contributed by atoms with Crippen molar-refractivity contribution in [2.45, 2.75) is 262 Å². The summed E-state index contributed by atoms with van der Waals surface area (Å²) in [6, 6.07) is 0. The summed E-state index contributed by atoms with van der Waals surface area (Å²) >= 11 is 0. The number of aliphatic hydroxyl groups is 5. The predicted molar refractivity (Wildman–Crippen MR) is 249 cm³/mol. The Morgan fingerprint density at radius 1 is 0.476 bits per heavy atom. The van der Waals surface area contributed by atoms with Crippen molar-refractivity contribution in [3.05, 3.63) is 24.3 Å². The summed E-state index contributed by atoms with van der Waals surface area (Å²) in [6.45, 7) is 3.30. The molecule has 0 aromatic heterocycles. The van der Waals surface area contributed by atoms with Crippen LogP contribution in [-0.2, 0) is 32.7 Å². The summed E-state index contributed by atoms with van der Waals surface area (Å²) in [5.41, 5.74) is 0. The quantitative estimate of drug-likeness (QED) is 0.0146. The van der Waals surface area contributed by atoms with E-state index in [0.717, 1.165) is 64.2 Å². The first-order valence-electron chi connectivity index (χ1n) is 25.1. The Morgan fingerprint density at radius 3 is 1.22 bits per heavy atom. The van der Waals surface area contributed by atoms with Gasteiger partial charge in [0, 0.05) is 12.8 Å². The molecule has 370 valence electrons. The van der Waals surface area contributed by atoms with Crippen molar-refractivity contribution >= 4 is 19.8 Å². The number of aliphatic hydroxyl groups excluding tert-OH is 5. The molecular formula is C49H91O13P. The second-order valence-corrected chi connectivity index (χ2v) is 19.1. The van der Waals surface area contributed by atoms with Gasteiger partial charge in [-0.3, -0.25) is 18.6 Å². The van der Waals surface area contributed by atoms with Crippen LogP contribution in [0, 0.1) is 0 Å². The number of unbranched alkanes of at least 4 members (excludes halogenated alkanes) is 26. The SMILES string of the molecule is CCCCCC/C=C/CCCCCCCCCCCC(=O)O[C@@H](COC(=O)CCCCCCCCC/C=C/CCCCCCCC)COP(=O)(O)OC1C(O)C(O)C(O)[C@H](O)C1O. The first-order chi connectivity index (χ1) is 30.4. The summed E-state index contributed by atoms with van der Waals surface area (Å²) in [4.78, 5) is 35.8. The minimum absolute atomic E-state index is 0.0956. The summed E-state index contributed by atoms with van der Waals surface area (Å²) in [7, 11) is -5.12. The lowest BCUT2D eigenvalue weighted by Gasteiger charge is -2.41. The van der Waals surface area contributed by atoms with Gasteiger partial charge in [0.1, 0.15) is 43.2 Å². The minimum Gasteiger partial charge on any atom is -0.462 e. The van der Waals surface area contributed by atoms with E-state index < -0.39 is 75.7 Å². The molecule has 0 aromatic rings. The Kier molecular flexibility index (Phi) is 37.2. The van der Waals surface area contributed by atoms with E-state index in [9.17, 15) is 44.6 Å². The smallest absolute Gasteiger partial charge is 0.462 e. The summed E-state index contributed by atoms with van der Waals surface area (Å²) in [5.74, 6) is -1.10. The molecule has 63 heavy (non-hydrogen) atoms. The molecule has 0 spiro atoms. The molecule has 14 heteroatoms. The average Bonchev–Trinajstić information content (AvgIpc) is 3.26. The van der Waals surface area contributed by atoms with E-state index in [0.29, 0.717) is 12.8 Å². The zero-order chi connectivity index (χ0) is 46.4. The van der Waals surface area contributed by atoms with Crippen LogP contribution in [0.3, 0.4) is 0 Å². The van der Waals surface area contributed by atoms with E-state index in [1.54, 1.807) is 0 Å². The molecule has 0 radical (unpaired) electrons. The Labute approximate surface area is 381 Å². The number of phosphoric acid groups is 1. The van der Waals surface area contributed by atoms with Crippen molar-refractivity contribution in [2.75, 3.05) is 13.2 Å². The maximum Gasteiger partial charge on any atom is 0.472 e. The molecule has 0 aliphatic heterocycles. The van der Waals surface area contributed by atoms with E-state index in [1.165, 1.54) is 116 Å². The monoisotopic (exact) mass is 919 g/mol. The molecule has 1 aliphatic rings. The molecule has 0 aromatic carbocycles. The molecule has 1 saturated carbocycles. The Bertz CT molecular complexity index is 1200. The molecule has 1 aliphatic carbocycles. The van der Waals surface area contributed by atoms with Crippen LogP contribution in [0.1, 0.15) is 219 Å². The number of hydrogen-bond donors (Lipinski definition) is 6. The molecule has 0 bridgehead atoms. The van der Waals surface area contributed by atoms with Crippen LogP contribution in [0.15, 0.2) is 24.3 Å². The van der Waals surface area contributed by atoms with Gasteiger partial charge in [-0.2, -0.15) is 0 Å². The van der Waals surface area contributed by atoms with Gasteiger partial charge in [-0.05, 0) is 64.2 Å². The second kappa shape index (κ2) is 39.5. The first kappa shape index (κ1) is 59.3. The van der Waals surface area contributed by atoms with Gasteiger partial charge in [-0.1, -0.05) is 167 Å². The molecule has 0 saturated heterocycles. The van der Waals surface area contributed by atoms with Crippen molar-refractivity contribution in [1.82, 2.24) is 0 Å². The van der Waals surface area contributed by atoms with Crippen LogP contribution >= 0.6 is 7.82 Å². The number of carbonyl (C=O) groups excluding carboxylic acids is 2. The van der Waals surface area contributed by atoms with Gasteiger partial charge in [-0.15, -0.1) is 0 Å². The molecule has 0 amide bonds. The third-order valence-electron chi connectivity index (χ3n) is 11.8. The minimum atomic E-state index is -5.12. The van der Waals surface area contributed by atoms with Crippen LogP contribution in [0.25, 0.3) is 0 Å². The molecule has 0 heterocycles. The standard InChI is InChI=1S/C49H91O13P/c1-3-5-7-9-11-13-15-17-19-21-23-25-27-29-31-33-35-37-42(50)59-39-41(40-60-63(57,58)62-49-47(55)45(53)44(52)46(54)48(49)56)61-43(51)38-36-34-32-30-28-26-24-22-20-18-16-14-12-10-8-6-4-2/h14,16-17,19,41,44-49,52-56H,3-13,15,18,20-40H2,1-2H3,(H,57,58)/b16-14+,19-17+/t41-,44?,45-,46?,47?,48?,49?/m0/s1. The van der Waals surface area contributed by atoms with Crippen molar-refractivity contribution in [3.8, 4) is 0 Å². The zero-order valence-electron chi connectivity index (χ0n) is 39.4. The number of ether oxygens (including phenoxy) is 2. The highest BCUT2D eigenvalue weighted by atomic mass is 31.2. The molecule has 6 N–H and O–H groups in total. The lowest BCUT2D eigenvalue weighted by atomic mass is 9.85. The van der Waals surface area contributed by atoms with Crippen molar-refractivity contribution in [3.63, 3.8) is 0 Å². The van der Waals surface area contributed by atoms with Crippen LogP contribution in [-0.4, -0.2) is 98.3 Å². The predicted octanol–water partition coefficient (Wildman–Crippen LogP) is 10.4. The zero-order valence-corrected chi connectivity index (χ0v) is 40.3. The third kappa shape index (κ3) is 31.8. The molecule has 8 atom stereocenters. The topological polar surface area (TPSA) is 210 Å².